The molecule has 1 aliphatic heterocycles. The van der Waals surface area contributed by atoms with Gasteiger partial charge in [0.2, 0.25) is 0 Å². The molecule has 0 atom stereocenters. The number of benzene rings is 1. The van der Waals surface area contributed by atoms with Crippen LogP contribution in [-0.2, 0) is 6.54 Å². The van der Waals surface area contributed by atoms with Crippen molar-refractivity contribution in [2.24, 2.45) is 11.7 Å². The third kappa shape index (κ3) is 4.09. The molecule has 1 aromatic rings. The van der Waals surface area contributed by atoms with Crippen molar-refractivity contribution in [1.29, 1.82) is 0 Å². The lowest BCUT2D eigenvalue weighted by Crippen LogP contribution is -2.35. The van der Waals surface area contributed by atoms with Crippen molar-refractivity contribution in [2.45, 2.75) is 19.4 Å². The van der Waals surface area contributed by atoms with Crippen molar-refractivity contribution < 1.29 is 4.39 Å². The lowest BCUT2D eigenvalue weighted by atomic mass is 9.97. The van der Waals surface area contributed by atoms with Crippen molar-refractivity contribution in [2.75, 3.05) is 19.6 Å². The summed E-state index contributed by atoms with van der Waals surface area (Å²) in [6.07, 6.45) is 2.29. The van der Waals surface area contributed by atoms with E-state index in [-0.39, 0.29) is 23.2 Å². The largest absolute Gasteiger partial charge is 0.330 e. The fraction of sp³-hybridized carbons (Fsp3) is 0.538. The van der Waals surface area contributed by atoms with Crippen LogP contribution in [-0.4, -0.2) is 24.5 Å². The zero-order valence-electron chi connectivity index (χ0n) is 10.2. The number of halogens is 3. The van der Waals surface area contributed by atoms with E-state index in [4.69, 9.17) is 17.3 Å². The molecule has 1 fully saturated rings. The molecule has 0 saturated carbocycles. The molecule has 1 saturated heterocycles. The van der Waals surface area contributed by atoms with Gasteiger partial charge < -0.3 is 5.73 Å². The summed E-state index contributed by atoms with van der Waals surface area (Å²) < 4.78 is 13.3. The van der Waals surface area contributed by atoms with Crippen molar-refractivity contribution in [3.8, 4) is 0 Å². The molecule has 0 radical (unpaired) electrons. The first-order chi connectivity index (χ1) is 8.19. The molecule has 2 rings (SSSR count). The predicted molar refractivity (Wildman–Crippen MR) is 75.7 cm³/mol. The van der Waals surface area contributed by atoms with Gasteiger partial charge in [-0.1, -0.05) is 17.7 Å². The van der Waals surface area contributed by atoms with Crippen LogP contribution in [0.5, 0.6) is 0 Å². The molecule has 2 nitrogen and oxygen atoms in total. The van der Waals surface area contributed by atoms with E-state index in [1.807, 2.05) is 6.07 Å². The lowest BCUT2D eigenvalue weighted by Gasteiger charge is -2.31. The number of rotatable bonds is 3. The first kappa shape index (κ1) is 15.7. The third-order valence-corrected chi connectivity index (χ3v) is 3.74. The minimum absolute atomic E-state index is 0. The lowest BCUT2D eigenvalue weighted by molar-refractivity contribution is 0.180. The second-order valence-corrected chi connectivity index (χ2v) is 5.11. The zero-order chi connectivity index (χ0) is 12.3. The Bertz CT molecular complexity index is 379. The highest BCUT2D eigenvalue weighted by molar-refractivity contribution is 6.30. The highest BCUT2D eigenvalue weighted by Gasteiger charge is 2.18. The molecular formula is C13H19Cl2FN2. The Hall–Kier alpha value is -0.350. The molecular weight excluding hydrogens is 274 g/mol. The van der Waals surface area contributed by atoms with Crippen molar-refractivity contribution >= 4 is 24.0 Å². The summed E-state index contributed by atoms with van der Waals surface area (Å²) in [6, 6.07) is 5.04. The second kappa shape index (κ2) is 7.29. The van der Waals surface area contributed by atoms with E-state index in [0.717, 1.165) is 44.6 Å². The van der Waals surface area contributed by atoms with Crippen LogP contribution < -0.4 is 5.73 Å². The van der Waals surface area contributed by atoms with E-state index < -0.39 is 0 Å². The van der Waals surface area contributed by atoms with Gasteiger partial charge in [0.1, 0.15) is 5.82 Å². The van der Waals surface area contributed by atoms with Crippen LogP contribution in [0.3, 0.4) is 0 Å². The molecule has 5 heteroatoms. The monoisotopic (exact) mass is 292 g/mol. The Kier molecular flexibility index (Phi) is 6.36. The van der Waals surface area contributed by atoms with E-state index in [9.17, 15) is 4.39 Å². The van der Waals surface area contributed by atoms with Crippen LogP contribution in [0.4, 0.5) is 4.39 Å². The van der Waals surface area contributed by atoms with Gasteiger partial charge in [0.25, 0.3) is 0 Å². The fourth-order valence-electron chi connectivity index (χ4n) is 2.28. The Morgan fingerprint density at radius 1 is 1.33 bits per heavy atom. The predicted octanol–water partition coefficient (Wildman–Crippen LogP) is 3.07. The molecule has 0 unspecified atom stereocenters. The first-order valence-corrected chi connectivity index (χ1v) is 6.43. The number of piperidine rings is 1. The van der Waals surface area contributed by atoms with E-state index in [1.54, 1.807) is 6.07 Å². The quantitative estimate of drug-likeness (QED) is 0.928. The van der Waals surface area contributed by atoms with Gasteiger partial charge in [-0.15, -0.1) is 12.4 Å². The molecule has 1 heterocycles. The van der Waals surface area contributed by atoms with Crippen LogP contribution in [0.15, 0.2) is 18.2 Å². The summed E-state index contributed by atoms with van der Waals surface area (Å²) >= 11 is 5.66. The van der Waals surface area contributed by atoms with E-state index in [1.165, 1.54) is 6.07 Å². The number of likely N-dealkylation sites (tertiary alicyclic amines) is 1. The fourth-order valence-corrected chi connectivity index (χ4v) is 2.39. The normalized spacial score (nSPS) is 17.5. The second-order valence-electron chi connectivity index (χ2n) is 4.70. The van der Waals surface area contributed by atoms with E-state index >= 15 is 0 Å². The van der Waals surface area contributed by atoms with Crippen molar-refractivity contribution in [3.63, 3.8) is 0 Å². The maximum atomic E-state index is 13.3. The van der Waals surface area contributed by atoms with Crippen molar-refractivity contribution in [3.05, 3.63) is 34.6 Å². The van der Waals surface area contributed by atoms with Gasteiger partial charge >= 0.3 is 0 Å². The molecule has 0 amide bonds. The molecule has 0 bridgehead atoms. The number of hydrogen-bond acceptors (Lipinski definition) is 2. The van der Waals surface area contributed by atoms with Crippen LogP contribution in [0.25, 0.3) is 0 Å². The summed E-state index contributed by atoms with van der Waals surface area (Å²) in [6.45, 7) is 3.67. The summed E-state index contributed by atoms with van der Waals surface area (Å²) in [5.41, 5.74) is 6.64. The average Bonchev–Trinajstić information content (AvgIpc) is 2.35. The highest BCUT2D eigenvalue weighted by atomic mass is 35.5. The molecule has 1 aliphatic rings. The standard InChI is InChI=1S/C13H18ClFN2.ClH/c14-12-2-1-11(7-13(12)15)9-17-5-3-10(8-16)4-6-17;/h1-2,7,10H,3-6,8-9,16H2;1H. The third-order valence-electron chi connectivity index (χ3n) is 3.43. The van der Waals surface area contributed by atoms with Crippen LogP contribution in [0.2, 0.25) is 5.02 Å². The Balaban J connectivity index is 0.00000162. The van der Waals surface area contributed by atoms with Gasteiger partial charge in [-0.2, -0.15) is 0 Å². The zero-order valence-corrected chi connectivity index (χ0v) is 11.8. The molecule has 18 heavy (non-hydrogen) atoms. The summed E-state index contributed by atoms with van der Waals surface area (Å²) in [5, 5.41) is 0.190. The summed E-state index contributed by atoms with van der Waals surface area (Å²) in [7, 11) is 0. The van der Waals surface area contributed by atoms with Crippen LogP contribution in [0, 0.1) is 11.7 Å². The maximum Gasteiger partial charge on any atom is 0.142 e. The van der Waals surface area contributed by atoms with Crippen molar-refractivity contribution in [1.82, 2.24) is 4.90 Å². The average molecular weight is 293 g/mol. The topological polar surface area (TPSA) is 29.3 Å². The highest BCUT2D eigenvalue weighted by Crippen LogP contribution is 2.20. The van der Waals surface area contributed by atoms with Gasteiger partial charge in [-0.05, 0) is 56.1 Å². The molecule has 102 valence electrons. The Morgan fingerprint density at radius 3 is 2.56 bits per heavy atom. The summed E-state index contributed by atoms with van der Waals surface area (Å²) in [5.74, 6) is 0.328. The number of nitrogens with zero attached hydrogens (tertiary/aromatic N) is 1. The van der Waals surface area contributed by atoms with Gasteiger partial charge in [0.05, 0.1) is 5.02 Å². The Morgan fingerprint density at radius 2 is 2.00 bits per heavy atom. The number of nitrogens with two attached hydrogens (primary N) is 1. The minimum atomic E-state index is -0.332. The molecule has 1 aromatic carbocycles. The molecule has 0 aromatic heterocycles. The van der Waals surface area contributed by atoms with Gasteiger partial charge in [0.15, 0.2) is 0 Å². The molecule has 2 N–H and O–H groups in total. The molecule has 0 spiro atoms. The smallest absolute Gasteiger partial charge is 0.142 e. The van der Waals surface area contributed by atoms with Crippen LogP contribution >= 0.6 is 24.0 Å². The van der Waals surface area contributed by atoms with Gasteiger partial charge in [0, 0.05) is 6.54 Å². The first-order valence-electron chi connectivity index (χ1n) is 6.05. The van der Waals surface area contributed by atoms with Gasteiger partial charge in [-0.3, -0.25) is 4.90 Å². The van der Waals surface area contributed by atoms with Crippen LogP contribution in [0.1, 0.15) is 18.4 Å². The summed E-state index contributed by atoms with van der Waals surface area (Å²) in [4.78, 5) is 2.34. The van der Waals surface area contributed by atoms with E-state index in [2.05, 4.69) is 4.90 Å². The maximum absolute atomic E-state index is 13.3. The SMILES string of the molecule is Cl.NCC1CCN(Cc2ccc(Cl)c(F)c2)CC1. The molecule has 0 aliphatic carbocycles. The van der Waals surface area contributed by atoms with Gasteiger partial charge in [-0.25, -0.2) is 4.39 Å². The van der Waals surface area contributed by atoms with E-state index in [0.29, 0.717) is 5.92 Å². The number of hydrogen-bond donors (Lipinski definition) is 1. The Labute approximate surface area is 119 Å². The minimum Gasteiger partial charge on any atom is -0.330 e.